The number of hydrogen-bond donors (Lipinski definition) is 0. The van der Waals surface area contributed by atoms with Crippen LogP contribution in [0.5, 0.6) is 0 Å². The van der Waals surface area contributed by atoms with E-state index in [1.165, 1.54) is 6.07 Å². The van der Waals surface area contributed by atoms with Crippen molar-refractivity contribution < 1.29 is 26.3 Å². The van der Waals surface area contributed by atoms with E-state index in [4.69, 9.17) is 11.6 Å². The molecule has 10 heteroatoms. The molecule has 0 unspecified atom stereocenters. The topological polar surface area (TPSA) is 25.8 Å². The van der Waals surface area contributed by atoms with Gasteiger partial charge in [-0.05, 0) is 42.5 Å². The summed E-state index contributed by atoms with van der Waals surface area (Å²) in [7, 11) is 0. The van der Waals surface area contributed by atoms with E-state index in [0.29, 0.717) is 9.92 Å². The van der Waals surface area contributed by atoms with E-state index in [2.05, 4.69) is 9.97 Å². The van der Waals surface area contributed by atoms with Crippen molar-refractivity contribution in [3.63, 3.8) is 0 Å². The summed E-state index contributed by atoms with van der Waals surface area (Å²) >= 11 is 6.83. The number of aromatic nitrogens is 2. The van der Waals surface area contributed by atoms with Gasteiger partial charge in [0.2, 0.25) is 0 Å². The Morgan fingerprint density at radius 1 is 0.808 bits per heavy atom. The van der Waals surface area contributed by atoms with Crippen molar-refractivity contribution in [2.45, 2.75) is 22.3 Å². The Labute approximate surface area is 152 Å². The van der Waals surface area contributed by atoms with Gasteiger partial charge in [-0.2, -0.15) is 26.3 Å². The lowest BCUT2D eigenvalue weighted by molar-refractivity contribution is -0.144. The monoisotopic (exact) mass is 408 g/mol. The molecular weight excluding hydrogens is 402 g/mol. The second-order valence-electron chi connectivity index (χ2n) is 5.13. The van der Waals surface area contributed by atoms with Gasteiger partial charge in [-0.25, -0.2) is 9.97 Å². The van der Waals surface area contributed by atoms with Gasteiger partial charge in [-0.1, -0.05) is 23.4 Å². The van der Waals surface area contributed by atoms with E-state index >= 15 is 0 Å². The molecule has 0 radical (unpaired) electrons. The second-order valence-corrected chi connectivity index (χ2v) is 6.66. The van der Waals surface area contributed by atoms with Crippen LogP contribution in [0.25, 0.3) is 11.0 Å². The van der Waals surface area contributed by atoms with Crippen molar-refractivity contribution in [1.82, 2.24) is 9.97 Å². The SMILES string of the molecule is FC(F)(F)c1cc(C(F)(F)F)c2ccc(Sc3ccc(Cl)cc3)nc2n1. The minimum absolute atomic E-state index is 0.00394. The first-order valence-corrected chi connectivity index (χ1v) is 8.13. The number of benzene rings is 1. The number of halogens is 7. The van der Waals surface area contributed by atoms with Crippen LogP contribution in [-0.2, 0) is 12.4 Å². The zero-order chi connectivity index (χ0) is 19.1. The van der Waals surface area contributed by atoms with Gasteiger partial charge in [0.1, 0.15) is 10.7 Å². The van der Waals surface area contributed by atoms with Gasteiger partial charge in [0.15, 0.2) is 5.65 Å². The maximum absolute atomic E-state index is 13.1. The number of nitrogens with zero attached hydrogens (tertiary/aromatic N) is 2. The molecule has 3 rings (SSSR count). The van der Waals surface area contributed by atoms with Crippen molar-refractivity contribution in [1.29, 1.82) is 0 Å². The number of fused-ring (bicyclic) bond motifs is 1. The summed E-state index contributed by atoms with van der Waals surface area (Å²) in [5.74, 6) is 0. The van der Waals surface area contributed by atoms with Crippen LogP contribution in [0, 0.1) is 0 Å². The van der Waals surface area contributed by atoms with E-state index < -0.39 is 34.6 Å². The summed E-state index contributed by atoms with van der Waals surface area (Å²) in [5.41, 5.74) is -3.69. The van der Waals surface area contributed by atoms with Crippen molar-refractivity contribution in [2.24, 2.45) is 0 Å². The zero-order valence-electron chi connectivity index (χ0n) is 12.5. The molecule has 0 aliphatic rings. The van der Waals surface area contributed by atoms with Gasteiger partial charge in [0.25, 0.3) is 0 Å². The third kappa shape index (κ3) is 4.04. The highest BCUT2D eigenvalue weighted by Crippen LogP contribution is 2.39. The van der Waals surface area contributed by atoms with E-state index in [1.807, 2.05) is 0 Å². The van der Waals surface area contributed by atoms with Crippen LogP contribution in [0.1, 0.15) is 11.3 Å². The number of pyridine rings is 2. The molecular formula is C16H7ClF6N2S. The molecule has 3 aromatic rings. The predicted molar refractivity (Wildman–Crippen MR) is 85.1 cm³/mol. The summed E-state index contributed by atoms with van der Waals surface area (Å²) in [6.07, 6.45) is -9.98. The second kappa shape index (κ2) is 6.62. The summed E-state index contributed by atoms with van der Waals surface area (Å²) in [6.45, 7) is 0. The molecule has 0 atom stereocenters. The normalized spacial score (nSPS) is 12.6. The average molecular weight is 409 g/mol. The standard InChI is InChI=1S/C16H7ClF6N2S/c17-8-1-3-9(4-2-8)26-13-6-5-10-11(15(18,19)20)7-12(16(21,22)23)24-14(10)25-13/h1-7H. The Morgan fingerprint density at radius 3 is 2.04 bits per heavy atom. The van der Waals surface area contributed by atoms with Crippen LogP contribution < -0.4 is 0 Å². The van der Waals surface area contributed by atoms with Crippen LogP contribution >= 0.6 is 23.4 Å². The highest BCUT2D eigenvalue weighted by molar-refractivity contribution is 7.99. The van der Waals surface area contributed by atoms with E-state index in [1.54, 1.807) is 24.3 Å². The van der Waals surface area contributed by atoms with Crippen molar-refractivity contribution in [3.8, 4) is 0 Å². The van der Waals surface area contributed by atoms with Crippen LogP contribution in [-0.4, -0.2) is 9.97 Å². The Hall–Kier alpha value is -2.00. The Kier molecular flexibility index (Phi) is 4.78. The number of alkyl halides is 6. The molecule has 0 spiro atoms. The van der Waals surface area contributed by atoms with E-state index in [9.17, 15) is 26.3 Å². The Balaban J connectivity index is 2.11. The van der Waals surface area contributed by atoms with Crippen molar-refractivity contribution in [3.05, 3.63) is 58.7 Å². The molecule has 0 N–H and O–H groups in total. The van der Waals surface area contributed by atoms with Gasteiger partial charge in [0, 0.05) is 15.3 Å². The van der Waals surface area contributed by atoms with Crippen LogP contribution in [0.2, 0.25) is 5.02 Å². The molecule has 1 aromatic carbocycles. The molecule has 2 nitrogen and oxygen atoms in total. The fraction of sp³-hybridized carbons (Fsp3) is 0.125. The molecule has 0 saturated carbocycles. The van der Waals surface area contributed by atoms with Gasteiger partial charge >= 0.3 is 12.4 Å². The molecule has 0 aliphatic heterocycles. The van der Waals surface area contributed by atoms with Crippen LogP contribution in [0.3, 0.4) is 0 Å². The first-order valence-electron chi connectivity index (χ1n) is 6.93. The largest absolute Gasteiger partial charge is 0.433 e. The van der Waals surface area contributed by atoms with E-state index in [0.717, 1.165) is 17.8 Å². The molecule has 0 amide bonds. The molecule has 2 heterocycles. The molecule has 26 heavy (non-hydrogen) atoms. The Morgan fingerprint density at radius 2 is 1.46 bits per heavy atom. The summed E-state index contributed by atoms with van der Waals surface area (Å²) in [5, 5.41) is 0.206. The third-order valence-corrected chi connectivity index (χ3v) is 4.48. The third-order valence-electron chi connectivity index (χ3n) is 3.28. The quantitative estimate of drug-likeness (QED) is 0.454. The number of rotatable bonds is 2. The Bertz CT molecular complexity index is 954. The molecule has 0 aliphatic carbocycles. The minimum Gasteiger partial charge on any atom is -0.224 e. The van der Waals surface area contributed by atoms with Gasteiger partial charge in [0.05, 0.1) is 5.56 Å². The van der Waals surface area contributed by atoms with Crippen LogP contribution in [0.15, 0.2) is 52.4 Å². The maximum Gasteiger partial charge on any atom is 0.433 e. The van der Waals surface area contributed by atoms with E-state index in [-0.39, 0.29) is 11.1 Å². The molecule has 0 saturated heterocycles. The molecule has 136 valence electrons. The average Bonchev–Trinajstić information content (AvgIpc) is 2.54. The minimum atomic E-state index is -5.02. The summed E-state index contributed by atoms with van der Waals surface area (Å²) in [6, 6.07) is 8.87. The van der Waals surface area contributed by atoms with Gasteiger partial charge in [-0.3, -0.25) is 0 Å². The lowest BCUT2D eigenvalue weighted by Gasteiger charge is -2.14. The fourth-order valence-electron chi connectivity index (χ4n) is 2.15. The van der Waals surface area contributed by atoms with Gasteiger partial charge < -0.3 is 0 Å². The maximum atomic E-state index is 13.1. The van der Waals surface area contributed by atoms with Crippen LogP contribution in [0.4, 0.5) is 26.3 Å². The lowest BCUT2D eigenvalue weighted by Crippen LogP contribution is -2.14. The lowest BCUT2D eigenvalue weighted by atomic mass is 10.1. The fourth-order valence-corrected chi connectivity index (χ4v) is 3.06. The molecule has 2 aromatic heterocycles. The smallest absolute Gasteiger partial charge is 0.224 e. The molecule has 0 fully saturated rings. The number of hydrogen-bond acceptors (Lipinski definition) is 3. The summed E-state index contributed by atoms with van der Waals surface area (Å²) < 4.78 is 78.1. The van der Waals surface area contributed by atoms with Crippen molar-refractivity contribution >= 4 is 34.4 Å². The molecule has 0 bridgehead atoms. The van der Waals surface area contributed by atoms with Crippen molar-refractivity contribution in [2.75, 3.05) is 0 Å². The summed E-state index contributed by atoms with van der Waals surface area (Å²) in [4.78, 5) is 7.80. The first kappa shape index (κ1) is 18.8. The first-order chi connectivity index (χ1) is 12.0. The zero-order valence-corrected chi connectivity index (χ0v) is 14.1. The highest BCUT2D eigenvalue weighted by atomic mass is 35.5. The predicted octanol–water partition coefficient (Wildman–Crippen LogP) is 6.47. The van der Waals surface area contributed by atoms with Gasteiger partial charge in [-0.15, -0.1) is 0 Å². The highest BCUT2D eigenvalue weighted by Gasteiger charge is 2.39.